The van der Waals surface area contributed by atoms with Crippen molar-refractivity contribution in [2.24, 2.45) is 0 Å². The van der Waals surface area contributed by atoms with Crippen molar-refractivity contribution in [2.75, 3.05) is 37.7 Å². The average Bonchev–Trinajstić information content (AvgIpc) is 3.52. The fraction of sp³-hybridized carbons (Fsp3) is 0.452. The second-order valence-electron chi connectivity index (χ2n) is 11.9. The summed E-state index contributed by atoms with van der Waals surface area (Å²) in [6.07, 6.45) is 7.43. The van der Waals surface area contributed by atoms with Gasteiger partial charge in [0.1, 0.15) is 29.5 Å². The number of anilines is 1. The lowest BCUT2D eigenvalue weighted by atomic mass is 9.95. The molecule has 1 N–H and O–H groups in total. The van der Waals surface area contributed by atoms with E-state index in [1.54, 1.807) is 43.5 Å². The molecular weight excluding hydrogens is 512 g/mol. The van der Waals surface area contributed by atoms with Gasteiger partial charge in [-0.2, -0.15) is 9.97 Å². The molecule has 3 aliphatic heterocycles. The van der Waals surface area contributed by atoms with Gasteiger partial charge in [0.25, 0.3) is 0 Å². The first-order chi connectivity index (χ1) is 19.3. The van der Waals surface area contributed by atoms with E-state index in [9.17, 15) is 9.50 Å². The highest BCUT2D eigenvalue weighted by Gasteiger charge is 2.45. The molecule has 2 aromatic carbocycles. The van der Waals surface area contributed by atoms with Crippen molar-refractivity contribution in [3.05, 3.63) is 54.2 Å². The van der Waals surface area contributed by atoms with Gasteiger partial charge >= 0.3 is 6.01 Å². The number of halogens is 2. The van der Waals surface area contributed by atoms with E-state index >= 15 is 4.39 Å². The summed E-state index contributed by atoms with van der Waals surface area (Å²) in [7, 11) is 0. The maximum atomic E-state index is 16.4. The molecule has 40 heavy (non-hydrogen) atoms. The third-order valence-corrected chi connectivity index (χ3v) is 9.01. The predicted molar refractivity (Wildman–Crippen MR) is 151 cm³/mol. The molecule has 0 bridgehead atoms. The minimum atomic E-state index is -0.893. The largest absolute Gasteiger partial charge is 0.461 e. The number of rotatable bonds is 5. The summed E-state index contributed by atoms with van der Waals surface area (Å²) in [5, 5.41) is 12.2. The fourth-order valence-corrected chi connectivity index (χ4v) is 7.07. The lowest BCUT2D eigenvalue weighted by Crippen LogP contribution is -2.46. The summed E-state index contributed by atoms with van der Waals surface area (Å²) in [5.74, 6) is -0.587. The van der Waals surface area contributed by atoms with Crippen molar-refractivity contribution in [2.45, 2.75) is 56.6 Å². The topological polar surface area (TPSA) is 74.6 Å². The minimum absolute atomic E-state index is 0.0181. The Labute approximate surface area is 231 Å². The Kier molecular flexibility index (Phi) is 6.12. The molecule has 3 fully saturated rings. The summed E-state index contributed by atoms with van der Waals surface area (Å²) in [6, 6.07) is 10.2. The minimum Gasteiger partial charge on any atom is -0.461 e. The van der Waals surface area contributed by atoms with E-state index in [0.717, 1.165) is 45.2 Å². The smallest absolute Gasteiger partial charge is 0.319 e. The number of aliphatic hydroxyl groups is 1. The molecule has 3 saturated heterocycles. The van der Waals surface area contributed by atoms with Gasteiger partial charge in [0, 0.05) is 30.2 Å². The van der Waals surface area contributed by atoms with Crippen LogP contribution in [0.3, 0.4) is 0 Å². The van der Waals surface area contributed by atoms with Gasteiger partial charge in [-0.25, -0.2) is 8.78 Å². The summed E-state index contributed by atoms with van der Waals surface area (Å²) >= 11 is 0. The number of pyridine rings is 1. The molecule has 9 heteroatoms. The number of fused-ring (bicyclic) bond motifs is 3. The first-order valence-corrected chi connectivity index (χ1v) is 14.2. The van der Waals surface area contributed by atoms with Crippen LogP contribution in [0.5, 0.6) is 6.01 Å². The standard InChI is InChI=1S/C31H33F2N5O2/c1-30(39)11-4-14-37(18-30)28-22-17-34-26(21-9-2-7-20-8-3-10-23(32)24(20)21)25(33)27(22)35-29(36-28)40-19-31-12-5-15-38(31)16-6-13-31/h2-3,7-10,17,39H,4-6,11-16,18-19H2,1H3. The molecule has 1 atom stereocenters. The Hall–Kier alpha value is -3.43. The van der Waals surface area contributed by atoms with Crippen LogP contribution in [0, 0.1) is 11.6 Å². The van der Waals surface area contributed by atoms with Crippen molar-refractivity contribution in [3.63, 3.8) is 0 Å². The van der Waals surface area contributed by atoms with Gasteiger partial charge in [0.2, 0.25) is 0 Å². The number of hydrogen-bond donors (Lipinski definition) is 1. The van der Waals surface area contributed by atoms with Crippen LogP contribution in [0.25, 0.3) is 32.9 Å². The van der Waals surface area contributed by atoms with E-state index in [-0.39, 0.29) is 22.8 Å². The quantitative estimate of drug-likeness (QED) is 0.356. The lowest BCUT2D eigenvalue weighted by molar-refractivity contribution is 0.0447. The normalized spacial score (nSPS) is 22.8. The van der Waals surface area contributed by atoms with E-state index in [1.807, 2.05) is 4.90 Å². The molecular formula is C31H33F2N5O2. The van der Waals surface area contributed by atoms with Gasteiger partial charge in [-0.1, -0.05) is 30.3 Å². The van der Waals surface area contributed by atoms with Gasteiger partial charge in [-0.3, -0.25) is 9.88 Å². The lowest BCUT2D eigenvalue weighted by Gasteiger charge is -2.38. The first-order valence-electron chi connectivity index (χ1n) is 14.2. The molecule has 0 aliphatic carbocycles. The molecule has 7 nitrogen and oxygen atoms in total. The van der Waals surface area contributed by atoms with Crippen LogP contribution in [-0.4, -0.2) is 68.9 Å². The molecule has 0 spiro atoms. The molecule has 1 unspecified atom stereocenters. The summed E-state index contributed by atoms with van der Waals surface area (Å²) in [6.45, 7) is 5.41. The maximum Gasteiger partial charge on any atom is 0.319 e. The Morgan fingerprint density at radius 1 is 0.975 bits per heavy atom. The zero-order valence-corrected chi connectivity index (χ0v) is 22.7. The van der Waals surface area contributed by atoms with Crippen molar-refractivity contribution in [1.82, 2.24) is 19.9 Å². The van der Waals surface area contributed by atoms with Crippen molar-refractivity contribution in [1.29, 1.82) is 0 Å². The number of benzene rings is 2. The molecule has 7 rings (SSSR count). The van der Waals surface area contributed by atoms with Crippen LogP contribution in [-0.2, 0) is 0 Å². The number of aromatic nitrogens is 3. The Bertz CT molecular complexity index is 1600. The van der Waals surface area contributed by atoms with Crippen LogP contribution < -0.4 is 9.64 Å². The number of hydrogen-bond acceptors (Lipinski definition) is 7. The van der Waals surface area contributed by atoms with Gasteiger partial charge in [0.15, 0.2) is 5.82 Å². The number of ether oxygens (including phenoxy) is 1. The molecule has 2 aromatic heterocycles. The monoisotopic (exact) mass is 545 g/mol. The highest BCUT2D eigenvalue weighted by molar-refractivity contribution is 5.99. The first kappa shape index (κ1) is 25.5. The molecule has 0 saturated carbocycles. The Morgan fingerprint density at radius 2 is 1.73 bits per heavy atom. The SMILES string of the molecule is CC1(O)CCCN(c2nc(OCC34CCCN3CCC4)nc3c(F)c(-c4cccc5cccc(F)c45)ncc23)C1. The zero-order valence-electron chi connectivity index (χ0n) is 22.7. The molecule has 208 valence electrons. The van der Waals surface area contributed by atoms with Gasteiger partial charge in [-0.05, 0) is 70.0 Å². The van der Waals surface area contributed by atoms with Gasteiger partial charge < -0.3 is 14.7 Å². The predicted octanol–water partition coefficient (Wildman–Crippen LogP) is 5.48. The molecule has 5 heterocycles. The Balaban J connectivity index is 1.36. The van der Waals surface area contributed by atoms with Crippen LogP contribution in [0.4, 0.5) is 14.6 Å². The van der Waals surface area contributed by atoms with Crippen LogP contribution >= 0.6 is 0 Å². The van der Waals surface area contributed by atoms with Gasteiger partial charge in [-0.15, -0.1) is 0 Å². The third kappa shape index (κ3) is 4.27. The second-order valence-corrected chi connectivity index (χ2v) is 11.9. The van der Waals surface area contributed by atoms with E-state index < -0.39 is 17.2 Å². The van der Waals surface area contributed by atoms with Gasteiger partial charge in [0.05, 0.1) is 16.5 Å². The summed E-state index contributed by atoms with van der Waals surface area (Å²) in [4.78, 5) is 18.3. The van der Waals surface area contributed by atoms with E-state index in [1.165, 1.54) is 6.07 Å². The maximum absolute atomic E-state index is 16.4. The van der Waals surface area contributed by atoms with E-state index in [0.29, 0.717) is 53.7 Å². The molecule has 0 amide bonds. The second kappa shape index (κ2) is 9.59. The Morgan fingerprint density at radius 3 is 2.50 bits per heavy atom. The summed E-state index contributed by atoms with van der Waals surface area (Å²) in [5.41, 5.74) is -0.437. The van der Waals surface area contributed by atoms with E-state index in [4.69, 9.17) is 9.72 Å². The third-order valence-electron chi connectivity index (χ3n) is 9.01. The number of β-amino-alcohol motifs (C(OH)–C–C–N with tert-alkyl or cyclic N) is 1. The zero-order chi connectivity index (χ0) is 27.5. The molecule has 0 radical (unpaired) electrons. The van der Waals surface area contributed by atoms with Crippen molar-refractivity contribution < 1.29 is 18.6 Å². The number of nitrogens with zero attached hydrogens (tertiary/aromatic N) is 5. The average molecular weight is 546 g/mol. The van der Waals surface area contributed by atoms with Crippen LogP contribution in [0.15, 0.2) is 42.6 Å². The molecule has 3 aliphatic rings. The van der Waals surface area contributed by atoms with E-state index in [2.05, 4.69) is 14.9 Å². The molecule has 4 aromatic rings. The highest BCUT2D eigenvalue weighted by atomic mass is 19.1. The van der Waals surface area contributed by atoms with Crippen molar-refractivity contribution >= 4 is 27.5 Å². The van der Waals surface area contributed by atoms with Crippen LogP contribution in [0.2, 0.25) is 0 Å². The fourth-order valence-electron chi connectivity index (χ4n) is 7.07. The van der Waals surface area contributed by atoms with Crippen molar-refractivity contribution in [3.8, 4) is 17.3 Å². The highest BCUT2D eigenvalue weighted by Crippen LogP contribution is 2.40. The van der Waals surface area contributed by atoms with Crippen LogP contribution in [0.1, 0.15) is 45.4 Å². The summed E-state index contributed by atoms with van der Waals surface area (Å²) < 4.78 is 37.7. The number of piperidine rings is 1.